The molecule has 1 aromatic rings. The Morgan fingerprint density at radius 2 is 1.93 bits per heavy atom. The van der Waals surface area contributed by atoms with E-state index in [0.717, 1.165) is 11.4 Å². The third-order valence-electron chi connectivity index (χ3n) is 1.70. The van der Waals surface area contributed by atoms with Gasteiger partial charge in [-0.2, -0.15) is 0 Å². The second kappa shape index (κ2) is 4.99. The highest BCUT2D eigenvalue weighted by atomic mass is 16.1. The Labute approximate surface area is 88.4 Å². The van der Waals surface area contributed by atoms with E-state index < -0.39 is 0 Å². The van der Waals surface area contributed by atoms with E-state index in [2.05, 4.69) is 15.6 Å². The number of nitrogens with zero attached hydrogens (tertiary/aromatic N) is 1. The third kappa shape index (κ3) is 3.68. The van der Waals surface area contributed by atoms with Gasteiger partial charge in [0.1, 0.15) is 0 Å². The van der Waals surface area contributed by atoms with Crippen LogP contribution in [0.3, 0.4) is 0 Å². The fraction of sp³-hybridized carbons (Fsp3) is 0.200. The van der Waals surface area contributed by atoms with Crippen molar-refractivity contribution >= 4 is 23.2 Å². The molecule has 0 saturated carbocycles. The summed E-state index contributed by atoms with van der Waals surface area (Å²) in [6.45, 7) is 1.46. The molecule has 0 radical (unpaired) electrons. The van der Waals surface area contributed by atoms with Crippen LogP contribution in [0.2, 0.25) is 0 Å². The normalized spacial score (nSPS) is 10.9. The number of aliphatic imine (C=N–C) groups is 1. The van der Waals surface area contributed by atoms with Crippen LogP contribution in [0.25, 0.3) is 0 Å². The molecule has 1 rings (SSSR count). The van der Waals surface area contributed by atoms with Gasteiger partial charge >= 0.3 is 0 Å². The maximum Gasteiger partial charge on any atom is 0.221 e. The van der Waals surface area contributed by atoms with Crippen LogP contribution in [-0.4, -0.2) is 18.9 Å². The van der Waals surface area contributed by atoms with E-state index in [1.54, 1.807) is 19.2 Å². The first-order chi connectivity index (χ1) is 7.11. The van der Waals surface area contributed by atoms with E-state index in [1.165, 1.54) is 6.92 Å². The molecule has 5 heteroatoms. The summed E-state index contributed by atoms with van der Waals surface area (Å²) in [5.74, 6) is 0.222. The van der Waals surface area contributed by atoms with E-state index in [1.807, 2.05) is 12.1 Å². The van der Waals surface area contributed by atoms with Crippen molar-refractivity contribution in [1.82, 2.24) is 0 Å². The molecule has 5 nitrogen and oxygen atoms in total. The minimum Gasteiger partial charge on any atom is -0.370 e. The highest BCUT2D eigenvalue weighted by molar-refractivity contribution is 5.94. The quantitative estimate of drug-likeness (QED) is 0.499. The lowest BCUT2D eigenvalue weighted by Gasteiger charge is -2.07. The second-order valence-corrected chi connectivity index (χ2v) is 3.00. The summed E-state index contributed by atoms with van der Waals surface area (Å²) in [7, 11) is 1.60. The highest BCUT2D eigenvalue weighted by Crippen LogP contribution is 2.14. The van der Waals surface area contributed by atoms with Crippen molar-refractivity contribution in [1.29, 1.82) is 0 Å². The van der Waals surface area contributed by atoms with E-state index in [4.69, 9.17) is 5.73 Å². The summed E-state index contributed by atoms with van der Waals surface area (Å²) in [5.41, 5.74) is 7.01. The highest BCUT2D eigenvalue weighted by Gasteiger charge is 1.98. The molecule has 0 spiro atoms. The monoisotopic (exact) mass is 206 g/mol. The van der Waals surface area contributed by atoms with Crippen molar-refractivity contribution in [2.75, 3.05) is 17.7 Å². The maximum absolute atomic E-state index is 10.8. The van der Waals surface area contributed by atoms with Gasteiger partial charge < -0.3 is 16.4 Å². The van der Waals surface area contributed by atoms with Crippen LogP contribution >= 0.6 is 0 Å². The van der Waals surface area contributed by atoms with Crippen LogP contribution in [0.5, 0.6) is 0 Å². The van der Waals surface area contributed by atoms with Gasteiger partial charge in [-0.15, -0.1) is 0 Å². The van der Waals surface area contributed by atoms with Crippen LogP contribution in [-0.2, 0) is 4.79 Å². The number of carbonyl (C=O) groups is 1. The van der Waals surface area contributed by atoms with Crippen molar-refractivity contribution < 1.29 is 4.79 Å². The molecule has 0 bridgehead atoms. The van der Waals surface area contributed by atoms with Crippen LogP contribution in [0, 0.1) is 0 Å². The van der Waals surface area contributed by atoms with Crippen LogP contribution in [0.4, 0.5) is 11.4 Å². The average molecular weight is 206 g/mol. The number of guanidine groups is 1. The summed E-state index contributed by atoms with van der Waals surface area (Å²) in [6, 6.07) is 7.23. The summed E-state index contributed by atoms with van der Waals surface area (Å²) < 4.78 is 0. The maximum atomic E-state index is 10.8. The van der Waals surface area contributed by atoms with Crippen molar-refractivity contribution in [2.24, 2.45) is 10.7 Å². The van der Waals surface area contributed by atoms with Gasteiger partial charge in [0.25, 0.3) is 0 Å². The molecule has 0 saturated heterocycles. The summed E-state index contributed by atoms with van der Waals surface area (Å²) in [5, 5.41) is 5.56. The lowest BCUT2D eigenvalue weighted by atomic mass is 10.3. The minimum absolute atomic E-state index is 0.107. The van der Waals surface area contributed by atoms with Crippen LogP contribution < -0.4 is 16.4 Å². The summed E-state index contributed by atoms with van der Waals surface area (Å²) in [6.07, 6.45) is 0. The number of anilines is 2. The Bertz CT molecular complexity index is 387. The first-order valence-corrected chi connectivity index (χ1v) is 4.48. The number of nitrogens with two attached hydrogens (primary N) is 1. The van der Waals surface area contributed by atoms with E-state index in [9.17, 15) is 4.79 Å². The number of hydrogen-bond acceptors (Lipinski definition) is 2. The molecule has 0 atom stereocenters. The zero-order valence-electron chi connectivity index (χ0n) is 8.74. The molecule has 80 valence electrons. The van der Waals surface area contributed by atoms with E-state index in [-0.39, 0.29) is 5.91 Å². The molecule has 15 heavy (non-hydrogen) atoms. The second-order valence-electron chi connectivity index (χ2n) is 3.00. The molecule has 0 heterocycles. The molecule has 1 amide bonds. The fourth-order valence-electron chi connectivity index (χ4n) is 1.08. The van der Waals surface area contributed by atoms with Gasteiger partial charge in [0.15, 0.2) is 5.96 Å². The van der Waals surface area contributed by atoms with Gasteiger partial charge in [0, 0.05) is 25.3 Å². The van der Waals surface area contributed by atoms with Crippen LogP contribution in [0.15, 0.2) is 29.3 Å². The van der Waals surface area contributed by atoms with Crippen molar-refractivity contribution in [3.05, 3.63) is 24.3 Å². The topological polar surface area (TPSA) is 79.5 Å². The van der Waals surface area contributed by atoms with Gasteiger partial charge in [0.05, 0.1) is 0 Å². The van der Waals surface area contributed by atoms with Gasteiger partial charge in [-0.3, -0.25) is 9.79 Å². The predicted molar refractivity (Wildman–Crippen MR) is 61.9 cm³/mol. The molecule has 0 aliphatic carbocycles. The molecule has 0 unspecified atom stereocenters. The summed E-state index contributed by atoms with van der Waals surface area (Å²) in [4.78, 5) is 14.6. The third-order valence-corrected chi connectivity index (χ3v) is 1.70. The number of nitrogens with one attached hydrogen (secondary N) is 2. The van der Waals surface area contributed by atoms with Gasteiger partial charge in [-0.1, -0.05) is 6.07 Å². The summed E-state index contributed by atoms with van der Waals surface area (Å²) >= 11 is 0. The van der Waals surface area contributed by atoms with Crippen molar-refractivity contribution in [2.45, 2.75) is 6.92 Å². The smallest absolute Gasteiger partial charge is 0.221 e. The molecule has 1 aromatic carbocycles. The van der Waals surface area contributed by atoms with Gasteiger partial charge in [0.2, 0.25) is 5.91 Å². The Morgan fingerprint density at radius 3 is 2.47 bits per heavy atom. The Hall–Kier alpha value is -2.04. The SMILES string of the molecule is CN=C(N)Nc1cccc(NC(C)=O)c1. The number of benzene rings is 1. The molecule has 0 aliphatic rings. The molecule has 0 fully saturated rings. The number of carbonyl (C=O) groups excluding carboxylic acids is 1. The molecular weight excluding hydrogens is 192 g/mol. The lowest BCUT2D eigenvalue weighted by molar-refractivity contribution is -0.114. The molecule has 4 N–H and O–H groups in total. The lowest BCUT2D eigenvalue weighted by Crippen LogP contribution is -2.22. The average Bonchev–Trinajstić information content (AvgIpc) is 2.17. The predicted octanol–water partition coefficient (Wildman–Crippen LogP) is 1.00. The van der Waals surface area contributed by atoms with Crippen molar-refractivity contribution in [3.8, 4) is 0 Å². The van der Waals surface area contributed by atoms with E-state index >= 15 is 0 Å². The first-order valence-electron chi connectivity index (χ1n) is 4.48. The van der Waals surface area contributed by atoms with Crippen molar-refractivity contribution in [3.63, 3.8) is 0 Å². The Morgan fingerprint density at radius 1 is 1.33 bits per heavy atom. The zero-order valence-corrected chi connectivity index (χ0v) is 8.74. The van der Waals surface area contributed by atoms with Crippen LogP contribution in [0.1, 0.15) is 6.92 Å². The molecule has 0 aromatic heterocycles. The number of hydrogen-bond donors (Lipinski definition) is 3. The Balaban J connectivity index is 2.78. The number of amides is 1. The standard InChI is InChI=1S/C10H14N4O/c1-7(15)13-8-4-3-5-9(6-8)14-10(11)12-2/h3-6H,1-2H3,(H,13,15)(H3,11,12,14). The zero-order chi connectivity index (χ0) is 11.3. The molecule has 0 aliphatic heterocycles. The Kier molecular flexibility index (Phi) is 3.68. The minimum atomic E-state index is -0.107. The fourth-order valence-corrected chi connectivity index (χ4v) is 1.08. The number of rotatable bonds is 2. The molecular formula is C10H14N4O. The van der Waals surface area contributed by atoms with E-state index in [0.29, 0.717) is 5.96 Å². The van der Waals surface area contributed by atoms with Gasteiger partial charge in [-0.25, -0.2) is 0 Å². The largest absolute Gasteiger partial charge is 0.370 e. The first kappa shape index (κ1) is 11.0. The van der Waals surface area contributed by atoms with Gasteiger partial charge in [-0.05, 0) is 18.2 Å².